The molecule has 2 fully saturated rings. The van der Waals surface area contributed by atoms with Crippen molar-refractivity contribution in [1.82, 2.24) is 9.21 Å². The Morgan fingerprint density at radius 1 is 1.03 bits per heavy atom. The molecule has 0 radical (unpaired) electrons. The van der Waals surface area contributed by atoms with Crippen molar-refractivity contribution in [3.05, 3.63) is 59.9 Å². The summed E-state index contributed by atoms with van der Waals surface area (Å²) < 4.78 is 41.1. The van der Waals surface area contributed by atoms with Crippen LogP contribution in [0.2, 0.25) is 0 Å². The topological polar surface area (TPSA) is 69.7 Å². The number of nitrogens with one attached hydrogen (secondary N) is 1. The minimum Gasteiger partial charge on any atom is -0.380 e. The number of anilines is 1. The number of carbonyl (C=O) groups excluding carboxylic acids is 1. The molecule has 1 unspecified atom stereocenters. The summed E-state index contributed by atoms with van der Waals surface area (Å²) >= 11 is 0. The quantitative estimate of drug-likeness (QED) is 0.812. The maximum atomic E-state index is 14.3. The normalized spacial score (nSPS) is 20.2. The molecule has 2 aromatic rings. The number of nitrogens with zero attached hydrogens (tertiary/aromatic N) is 2. The molecule has 6 nitrogen and oxygen atoms in total. The predicted molar refractivity (Wildman–Crippen MR) is 109 cm³/mol. The highest BCUT2D eigenvalue weighted by molar-refractivity contribution is 7.89. The van der Waals surface area contributed by atoms with Gasteiger partial charge in [0.2, 0.25) is 10.0 Å². The maximum Gasteiger partial charge on any atom is 0.253 e. The fourth-order valence-corrected chi connectivity index (χ4v) is 5.52. The molecule has 0 saturated carbocycles. The van der Waals surface area contributed by atoms with Gasteiger partial charge in [0.15, 0.2) is 0 Å². The lowest BCUT2D eigenvalue weighted by molar-refractivity contribution is 0.0791. The van der Waals surface area contributed by atoms with E-state index in [9.17, 15) is 17.6 Å². The van der Waals surface area contributed by atoms with Crippen molar-refractivity contribution in [1.29, 1.82) is 0 Å². The maximum absolute atomic E-state index is 14.3. The summed E-state index contributed by atoms with van der Waals surface area (Å²) in [6.07, 6.45) is 2.33. The Kier molecular flexibility index (Phi) is 5.56. The first-order valence-electron chi connectivity index (χ1n) is 9.86. The van der Waals surface area contributed by atoms with Gasteiger partial charge in [-0.25, -0.2) is 12.8 Å². The summed E-state index contributed by atoms with van der Waals surface area (Å²) in [5, 5.41) is 3.40. The predicted octanol–water partition coefficient (Wildman–Crippen LogP) is 2.94. The van der Waals surface area contributed by atoms with Crippen LogP contribution in [0.3, 0.4) is 0 Å². The lowest BCUT2D eigenvalue weighted by atomic mass is 10.2. The molecule has 0 spiro atoms. The molecule has 2 aliphatic rings. The van der Waals surface area contributed by atoms with Crippen LogP contribution in [0, 0.1) is 5.82 Å². The van der Waals surface area contributed by atoms with Crippen molar-refractivity contribution in [3.8, 4) is 0 Å². The second-order valence-electron chi connectivity index (χ2n) is 7.50. The number of carbonyl (C=O) groups is 1. The van der Waals surface area contributed by atoms with Crippen LogP contribution < -0.4 is 5.32 Å². The minimum atomic E-state index is -3.93. The summed E-state index contributed by atoms with van der Waals surface area (Å²) in [6, 6.07) is 13.5. The fraction of sp³-hybridized carbons (Fsp3) is 0.381. The zero-order valence-corrected chi connectivity index (χ0v) is 16.9. The molecule has 8 heteroatoms. The van der Waals surface area contributed by atoms with Crippen LogP contribution in [0.25, 0.3) is 0 Å². The van der Waals surface area contributed by atoms with Crippen LogP contribution in [0.15, 0.2) is 53.4 Å². The van der Waals surface area contributed by atoms with Crippen molar-refractivity contribution in [2.75, 3.05) is 31.5 Å². The molecule has 2 heterocycles. The molecule has 0 aromatic heterocycles. The summed E-state index contributed by atoms with van der Waals surface area (Å²) in [7, 11) is -3.93. The first-order valence-corrected chi connectivity index (χ1v) is 11.3. The van der Waals surface area contributed by atoms with E-state index in [-0.39, 0.29) is 17.5 Å². The highest BCUT2D eigenvalue weighted by Crippen LogP contribution is 2.25. The van der Waals surface area contributed by atoms with Crippen LogP contribution in [-0.2, 0) is 10.0 Å². The van der Waals surface area contributed by atoms with Gasteiger partial charge >= 0.3 is 0 Å². The van der Waals surface area contributed by atoms with Crippen LogP contribution in [0.1, 0.15) is 29.6 Å². The highest BCUT2D eigenvalue weighted by atomic mass is 32.2. The smallest absolute Gasteiger partial charge is 0.253 e. The molecule has 2 aliphatic heterocycles. The van der Waals surface area contributed by atoms with Gasteiger partial charge < -0.3 is 10.2 Å². The lowest BCUT2D eigenvalue weighted by Crippen LogP contribution is -2.32. The Bertz CT molecular complexity index is 991. The third-order valence-corrected chi connectivity index (χ3v) is 7.39. The molecule has 1 amide bonds. The van der Waals surface area contributed by atoms with Crippen LogP contribution in [0.4, 0.5) is 10.1 Å². The van der Waals surface area contributed by atoms with Crippen molar-refractivity contribution < 1.29 is 17.6 Å². The van der Waals surface area contributed by atoms with Gasteiger partial charge in [-0.05, 0) is 49.6 Å². The van der Waals surface area contributed by atoms with Gasteiger partial charge in [0, 0.05) is 43.5 Å². The van der Waals surface area contributed by atoms with E-state index in [1.807, 2.05) is 30.3 Å². The standard InChI is InChI=1S/C21H24FN3O3S/c22-19-9-8-16(14-20(19)29(27,28)25-11-4-5-12-25)21(26)24-13-10-18(15-24)23-17-6-2-1-3-7-17/h1-3,6-9,14,18,23H,4-5,10-13,15H2. The van der Waals surface area contributed by atoms with Crippen molar-refractivity contribution in [2.45, 2.75) is 30.2 Å². The van der Waals surface area contributed by atoms with Gasteiger partial charge in [-0.15, -0.1) is 0 Å². The van der Waals surface area contributed by atoms with E-state index < -0.39 is 20.7 Å². The van der Waals surface area contributed by atoms with Gasteiger partial charge in [0.25, 0.3) is 5.91 Å². The lowest BCUT2D eigenvalue weighted by Gasteiger charge is -2.19. The van der Waals surface area contributed by atoms with E-state index in [4.69, 9.17) is 0 Å². The van der Waals surface area contributed by atoms with E-state index in [1.165, 1.54) is 16.4 Å². The van der Waals surface area contributed by atoms with Crippen LogP contribution in [-0.4, -0.2) is 55.8 Å². The van der Waals surface area contributed by atoms with Crippen LogP contribution >= 0.6 is 0 Å². The molecule has 2 aromatic carbocycles. The fourth-order valence-electron chi connectivity index (χ4n) is 3.92. The molecular weight excluding hydrogens is 393 g/mol. The second-order valence-corrected chi connectivity index (χ2v) is 9.41. The average Bonchev–Trinajstić information content (AvgIpc) is 3.41. The second kappa shape index (κ2) is 8.12. The molecule has 0 aliphatic carbocycles. The van der Waals surface area contributed by atoms with Crippen molar-refractivity contribution in [2.24, 2.45) is 0 Å². The average molecular weight is 418 g/mol. The number of para-hydroxylation sites is 1. The van der Waals surface area contributed by atoms with E-state index in [0.29, 0.717) is 26.2 Å². The van der Waals surface area contributed by atoms with Gasteiger partial charge in [0.05, 0.1) is 0 Å². The summed E-state index contributed by atoms with van der Waals surface area (Å²) in [5.41, 5.74) is 1.19. The molecule has 0 bridgehead atoms. The van der Waals surface area contributed by atoms with E-state index in [0.717, 1.165) is 31.0 Å². The van der Waals surface area contributed by atoms with Crippen molar-refractivity contribution >= 4 is 21.6 Å². The Hall–Kier alpha value is -2.45. The number of sulfonamides is 1. The number of likely N-dealkylation sites (tertiary alicyclic amines) is 1. The largest absolute Gasteiger partial charge is 0.380 e. The number of hydrogen-bond donors (Lipinski definition) is 1. The van der Waals surface area contributed by atoms with Gasteiger partial charge in [-0.1, -0.05) is 18.2 Å². The van der Waals surface area contributed by atoms with Gasteiger partial charge in [0.1, 0.15) is 10.7 Å². The number of amides is 1. The van der Waals surface area contributed by atoms with E-state index >= 15 is 0 Å². The SMILES string of the molecule is O=C(c1ccc(F)c(S(=O)(=O)N2CCCC2)c1)N1CCC(Nc2ccccc2)C1. The molecule has 29 heavy (non-hydrogen) atoms. The molecule has 4 rings (SSSR count). The van der Waals surface area contributed by atoms with Crippen LogP contribution in [0.5, 0.6) is 0 Å². The number of hydrogen-bond acceptors (Lipinski definition) is 4. The monoisotopic (exact) mass is 417 g/mol. The molecule has 1 atom stereocenters. The van der Waals surface area contributed by atoms with Gasteiger partial charge in [-0.3, -0.25) is 4.79 Å². The Morgan fingerprint density at radius 3 is 2.48 bits per heavy atom. The Labute approximate surface area is 170 Å². The first kappa shape index (κ1) is 19.8. The zero-order valence-electron chi connectivity index (χ0n) is 16.1. The minimum absolute atomic E-state index is 0.120. The summed E-state index contributed by atoms with van der Waals surface area (Å²) in [4.78, 5) is 14.2. The molecular formula is C21H24FN3O3S. The third kappa shape index (κ3) is 4.13. The summed E-state index contributed by atoms with van der Waals surface area (Å²) in [6.45, 7) is 1.85. The van der Waals surface area contributed by atoms with Gasteiger partial charge in [-0.2, -0.15) is 4.31 Å². The number of rotatable bonds is 5. The number of benzene rings is 2. The highest BCUT2D eigenvalue weighted by Gasteiger charge is 2.32. The summed E-state index contributed by atoms with van der Waals surface area (Å²) in [5.74, 6) is -1.10. The van der Waals surface area contributed by atoms with Crippen molar-refractivity contribution in [3.63, 3.8) is 0 Å². The van der Waals surface area contributed by atoms with E-state index in [2.05, 4.69) is 5.32 Å². The zero-order chi connectivity index (χ0) is 20.4. The Morgan fingerprint density at radius 2 is 1.76 bits per heavy atom. The third-order valence-electron chi connectivity index (χ3n) is 5.48. The number of halogens is 1. The molecule has 154 valence electrons. The first-order chi connectivity index (χ1) is 13.9. The Balaban J connectivity index is 1.49. The molecule has 2 saturated heterocycles. The van der Waals surface area contributed by atoms with E-state index in [1.54, 1.807) is 4.90 Å². The molecule has 1 N–H and O–H groups in total.